The normalized spacial score (nSPS) is 10.4. The van der Waals surface area contributed by atoms with Gasteiger partial charge in [0.15, 0.2) is 0 Å². The summed E-state index contributed by atoms with van der Waals surface area (Å²) in [6, 6.07) is 1.54. The van der Waals surface area contributed by atoms with E-state index in [0.29, 0.717) is 0 Å². The number of rotatable bonds is 0. The van der Waals surface area contributed by atoms with E-state index in [2.05, 4.69) is 9.36 Å². The number of nitrogens with one attached hydrogen (secondary N) is 1. The fourth-order valence-corrected chi connectivity index (χ4v) is 1.40. The number of hydrogen-bond donors (Lipinski definition) is 1. The Kier molecular flexibility index (Phi) is 1.07. The molecule has 1 N–H and O–H groups in total. The van der Waals surface area contributed by atoms with Crippen LogP contribution >= 0.6 is 11.5 Å². The standard InChI is InChI=1S/C6H4N2OS/c9-6-1-4-2-8-10-5(4)3-7-6/h1-3H,(H,7,9). The van der Waals surface area contributed by atoms with Gasteiger partial charge in [0, 0.05) is 23.8 Å². The third-order valence-electron chi connectivity index (χ3n) is 1.26. The highest BCUT2D eigenvalue weighted by Crippen LogP contribution is 2.12. The first-order chi connectivity index (χ1) is 4.86. The Morgan fingerprint density at radius 2 is 2.50 bits per heavy atom. The van der Waals surface area contributed by atoms with Crippen LogP contribution in [0.5, 0.6) is 0 Å². The van der Waals surface area contributed by atoms with Crippen LogP contribution in [0.1, 0.15) is 0 Å². The van der Waals surface area contributed by atoms with Crippen LogP contribution in [0.3, 0.4) is 0 Å². The summed E-state index contributed by atoms with van der Waals surface area (Å²) >= 11 is 1.38. The summed E-state index contributed by atoms with van der Waals surface area (Å²) in [5.41, 5.74) is -0.0762. The van der Waals surface area contributed by atoms with Crippen LogP contribution in [-0.4, -0.2) is 9.36 Å². The van der Waals surface area contributed by atoms with E-state index in [-0.39, 0.29) is 5.56 Å². The molecule has 0 unspecified atom stereocenters. The molecule has 0 aromatic carbocycles. The second kappa shape index (κ2) is 1.91. The van der Waals surface area contributed by atoms with Crippen molar-refractivity contribution in [3.05, 3.63) is 28.8 Å². The van der Waals surface area contributed by atoms with Gasteiger partial charge in [0.2, 0.25) is 5.56 Å². The molecule has 2 rings (SSSR count). The smallest absolute Gasteiger partial charge is 0.248 e. The molecule has 4 heteroatoms. The predicted octanol–water partition coefficient (Wildman–Crippen LogP) is 0.985. The molecule has 3 nitrogen and oxygen atoms in total. The van der Waals surface area contributed by atoms with E-state index in [9.17, 15) is 4.79 Å². The molecule has 0 aliphatic rings. The van der Waals surface area contributed by atoms with Gasteiger partial charge in [-0.15, -0.1) is 0 Å². The van der Waals surface area contributed by atoms with Crippen molar-refractivity contribution >= 4 is 21.6 Å². The summed E-state index contributed by atoms with van der Waals surface area (Å²) in [4.78, 5) is 13.3. The van der Waals surface area contributed by atoms with Crippen LogP contribution in [0.15, 0.2) is 23.3 Å². The Labute approximate surface area is 60.5 Å². The van der Waals surface area contributed by atoms with E-state index in [1.165, 1.54) is 11.5 Å². The number of fused-ring (bicyclic) bond motifs is 1. The maximum absolute atomic E-state index is 10.7. The minimum absolute atomic E-state index is 0.0762. The van der Waals surface area contributed by atoms with Gasteiger partial charge in [-0.3, -0.25) is 4.79 Å². The van der Waals surface area contributed by atoms with Gasteiger partial charge in [-0.2, -0.15) is 4.37 Å². The Bertz CT molecular complexity index is 403. The molecule has 2 aromatic heterocycles. The monoisotopic (exact) mass is 152 g/mol. The fraction of sp³-hybridized carbons (Fsp3) is 0. The lowest BCUT2D eigenvalue weighted by atomic mass is 10.4. The maximum Gasteiger partial charge on any atom is 0.248 e. The third-order valence-corrected chi connectivity index (χ3v) is 2.02. The molecule has 2 heterocycles. The summed E-state index contributed by atoms with van der Waals surface area (Å²) < 4.78 is 4.94. The zero-order chi connectivity index (χ0) is 6.97. The summed E-state index contributed by atoms with van der Waals surface area (Å²) in [5, 5.41) is 0.911. The molecule has 0 bridgehead atoms. The van der Waals surface area contributed by atoms with E-state index in [1.807, 2.05) is 0 Å². The van der Waals surface area contributed by atoms with E-state index < -0.39 is 0 Å². The van der Waals surface area contributed by atoms with Gasteiger partial charge in [-0.05, 0) is 11.5 Å². The van der Waals surface area contributed by atoms with Gasteiger partial charge in [0.25, 0.3) is 0 Å². The maximum atomic E-state index is 10.7. The number of nitrogens with zero attached hydrogens (tertiary/aromatic N) is 1. The molecule has 0 spiro atoms. The van der Waals surface area contributed by atoms with Gasteiger partial charge < -0.3 is 4.98 Å². The Morgan fingerprint density at radius 3 is 3.40 bits per heavy atom. The van der Waals surface area contributed by atoms with E-state index in [1.54, 1.807) is 18.5 Å². The van der Waals surface area contributed by atoms with Crippen LogP contribution in [0, 0.1) is 0 Å². The molecule has 0 aliphatic heterocycles. The Morgan fingerprint density at radius 1 is 1.60 bits per heavy atom. The molecular formula is C6H4N2OS. The Hall–Kier alpha value is -1.16. The largest absolute Gasteiger partial charge is 0.328 e. The third kappa shape index (κ3) is 0.733. The van der Waals surface area contributed by atoms with Crippen LogP contribution in [0.2, 0.25) is 0 Å². The average molecular weight is 152 g/mol. The molecule has 0 saturated heterocycles. The summed E-state index contributed by atoms with van der Waals surface area (Å²) in [5.74, 6) is 0. The molecule has 0 amide bonds. The number of pyridine rings is 1. The van der Waals surface area contributed by atoms with E-state index >= 15 is 0 Å². The van der Waals surface area contributed by atoms with Crippen LogP contribution in [0.4, 0.5) is 0 Å². The first kappa shape index (κ1) is 5.61. The van der Waals surface area contributed by atoms with Gasteiger partial charge in [0.1, 0.15) is 0 Å². The van der Waals surface area contributed by atoms with E-state index in [0.717, 1.165) is 10.1 Å². The second-order valence-electron chi connectivity index (χ2n) is 1.94. The highest BCUT2D eigenvalue weighted by atomic mass is 32.1. The van der Waals surface area contributed by atoms with Crippen LogP contribution in [0.25, 0.3) is 10.1 Å². The van der Waals surface area contributed by atoms with Crippen LogP contribution < -0.4 is 5.56 Å². The molecular weight excluding hydrogens is 148 g/mol. The van der Waals surface area contributed by atoms with Crippen molar-refractivity contribution in [1.29, 1.82) is 0 Å². The number of H-pyrrole nitrogens is 1. The second-order valence-corrected chi connectivity index (χ2v) is 2.78. The van der Waals surface area contributed by atoms with Crippen molar-refractivity contribution in [3.63, 3.8) is 0 Å². The number of hydrogen-bond acceptors (Lipinski definition) is 3. The summed E-state index contributed by atoms with van der Waals surface area (Å²) in [7, 11) is 0. The summed E-state index contributed by atoms with van der Waals surface area (Å²) in [6.07, 6.45) is 3.37. The van der Waals surface area contributed by atoms with Crippen LogP contribution in [-0.2, 0) is 0 Å². The lowest BCUT2D eigenvalue weighted by Gasteiger charge is -1.81. The zero-order valence-electron chi connectivity index (χ0n) is 5.00. The average Bonchev–Trinajstić information content (AvgIpc) is 2.33. The highest BCUT2D eigenvalue weighted by Gasteiger charge is 1.93. The molecule has 2 aromatic rings. The fourth-order valence-electron chi connectivity index (χ4n) is 0.794. The lowest BCUT2D eigenvalue weighted by Crippen LogP contribution is -1.99. The molecule has 10 heavy (non-hydrogen) atoms. The first-order valence-electron chi connectivity index (χ1n) is 2.79. The highest BCUT2D eigenvalue weighted by molar-refractivity contribution is 7.13. The van der Waals surface area contributed by atoms with Gasteiger partial charge in [-0.25, -0.2) is 0 Å². The van der Waals surface area contributed by atoms with Gasteiger partial charge >= 0.3 is 0 Å². The minimum atomic E-state index is -0.0762. The van der Waals surface area contributed by atoms with Crippen molar-refractivity contribution in [2.45, 2.75) is 0 Å². The lowest BCUT2D eigenvalue weighted by molar-refractivity contribution is 1.27. The van der Waals surface area contributed by atoms with Gasteiger partial charge in [0.05, 0.1) is 4.70 Å². The Balaban J connectivity index is 2.99. The van der Waals surface area contributed by atoms with Gasteiger partial charge in [-0.1, -0.05) is 0 Å². The van der Waals surface area contributed by atoms with Crippen molar-refractivity contribution in [1.82, 2.24) is 9.36 Å². The predicted molar refractivity (Wildman–Crippen MR) is 40.2 cm³/mol. The zero-order valence-corrected chi connectivity index (χ0v) is 5.81. The molecule has 0 radical (unpaired) electrons. The van der Waals surface area contributed by atoms with Crippen molar-refractivity contribution in [2.24, 2.45) is 0 Å². The van der Waals surface area contributed by atoms with E-state index in [4.69, 9.17) is 0 Å². The first-order valence-corrected chi connectivity index (χ1v) is 3.57. The molecule has 0 atom stereocenters. The van der Waals surface area contributed by atoms with Crippen molar-refractivity contribution < 1.29 is 0 Å². The van der Waals surface area contributed by atoms with Crippen molar-refractivity contribution in [3.8, 4) is 0 Å². The number of aromatic amines is 1. The SMILES string of the molecule is O=c1cc2cnsc2c[nH]1. The summed E-state index contributed by atoms with van der Waals surface area (Å²) in [6.45, 7) is 0. The quantitative estimate of drug-likeness (QED) is 0.611. The molecule has 0 aliphatic carbocycles. The van der Waals surface area contributed by atoms with Crippen molar-refractivity contribution in [2.75, 3.05) is 0 Å². The molecule has 50 valence electrons. The minimum Gasteiger partial charge on any atom is -0.328 e. The molecule has 0 saturated carbocycles. The topological polar surface area (TPSA) is 45.8 Å². The molecule has 0 fully saturated rings. The number of aromatic nitrogens is 2.